The zero-order chi connectivity index (χ0) is 17.7. The summed E-state index contributed by atoms with van der Waals surface area (Å²) in [6.45, 7) is 1.61. The van der Waals surface area contributed by atoms with Gasteiger partial charge >= 0.3 is 6.18 Å². The van der Waals surface area contributed by atoms with Crippen LogP contribution in [0.1, 0.15) is 27.4 Å². The molecule has 1 aromatic carbocycles. The maximum Gasteiger partial charge on any atom is 0.416 e. The van der Waals surface area contributed by atoms with Crippen LogP contribution >= 0.6 is 0 Å². The van der Waals surface area contributed by atoms with E-state index in [0.717, 1.165) is 12.1 Å². The molecule has 2 rings (SSSR count). The van der Waals surface area contributed by atoms with Crippen LogP contribution in [0.2, 0.25) is 0 Å². The molecule has 1 aromatic heterocycles. The van der Waals surface area contributed by atoms with Crippen molar-refractivity contribution in [2.75, 3.05) is 13.2 Å². The summed E-state index contributed by atoms with van der Waals surface area (Å²) in [6.07, 6.45) is -4.39. The van der Waals surface area contributed by atoms with Gasteiger partial charge in [-0.2, -0.15) is 13.2 Å². The Morgan fingerprint density at radius 3 is 2.50 bits per heavy atom. The molecule has 130 valence electrons. The largest absolute Gasteiger partial charge is 0.492 e. The molecule has 0 saturated carbocycles. The number of nitrogens with one attached hydrogen (secondary N) is 1. The Labute approximate surface area is 136 Å². The lowest BCUT2D eigenvalue weighted by molar-refractivity contribution is -0.137. The van der Waals surface area contributed by atoms with Gasteiger partial charge in [0.25, 0.3) is 5.91 Å². The second-order valence-corrected chi connectivity index (χ2v) is 5.01. The van der Waals surface area contributed by atoms with Gasteiger partial charge in [0, 0.05) is 5.56 Å². The number of rotatable bonds is 6. The Morgan fingerprint density at radius 2 is 1.96 bits per heavy atom. The number of amides is 1. The Kier molecular flexibility index (Phi) is 5.50. The molecule has 0 saturated heterocycles. The fourth-order valence-corrected chi connectivity index (χ4v) is 2.01. The monoisotopic (exact) mass is 343 g/mol. The molecule has 1 heterocycles. The van der Waals surface area contributed by atoms with Gasteiger partial charge < -0.3 is 19.6 Å². The fraction of sp³-hybridized carbons (Fsp3) is 0.312. The highest BCUT2D eigenvalue weighted by molar-refractivity contribution is 5.92. The lowest BCUT2D eigenvalue weighted by atomic mass is 10.2. The maximum absolute atomic E-state index is 12.4. The Morgan fingerprint density at radius 1 is 1.29 bits per heavy atom. The molecule has 5 nitrogen and oxygen atoms in total. The zero-order valence-electron chi connectivity index (χ0n) is 12.8. The molecule has 8 heteroatoms. The standard InChI is InChI=1S/C16H16F3NO4/c1-10-8-13(9-21)24-14(10)15(22)20-6-7-23-12-4-2-11(3-5-12)16(17,18)19/h2-5,8,21H,6-7,9H2,1H3,(H,20,22). The van der Waals surface area contributed by atoms with E-state index in [4.69, 9.17) is 14.3 Å². The zero-order valence-corrected chi connectivity index (χ0v) is 12.8. The van der Waals surface area contributed by atoms with Gasteiger partial charge in [-0.05, 0) is 37.3 Å². The minimum absolute atomic E-state index is 0.0870. The van der Waals surface area contributed by atoms with Gasteiger partial charge in [0.05, 0.1) is 12.1 Å². The van der Waals surface area contributed by atoms with Gasteiger partial charge in [0.15, 0.2) is 5.76 Å². The first-order valence-electron chi connectivity index (χ1n) is 7.09. The molecule has 2 N–H and O–H groups in total. The van der Waals surface area contributed by atoms with Crippen molar-refractivity contribution >= 4 is 5.91 Å². The van der Waals surface area contributed by atoms with E-state index in [-0.39, 0.29) is 31.3 Å². The van der Waals surface area contributed by atoms with E-state index in [1.807, 2.05) is 0 Å². The van der Waals surface area contributed by atoms with E-state index in [1.165, 1.54) is 12.1 Å². The minimum Gasteiger partial charge on any atom is -0.492 e. The van der Waals surface area contributed by atoms with Crippen molar-refractivity contribution in [3.05, 3.63) is 53.0 Å². The van der Waals surface area contributed by atoms with Crippen LogP contribution in [0, 0.1) is 6.92 Å². The van der Waals surface area contributed by atoms with Crippen molar-refractivity contribution in [3.63, 3.8) is 0 Å². The number of alkyl halides is 3. The van der Waals surface area contributed by atoms with E-state index in [2.05, 4.69) is 5.32 Å². The molecule has 0 atom stereocenters. The van der Waals surface area contributed by atoms with E-state index < -0.39 is 17.6 Å². The summed E-state index contributed by atoms with van der Waals surface area (Å²) in [7, 11) is 0. The van der Waals surface area contributed by atoms with E-state index >= 15 is 0 Å². The van der Waals surface area contributed by atoms with Crippen molar-refractivity contribution in [2.45, 2.75) is 19.7 Å². The molecule has 2 aromatic rings. The minimum atomic E-state index is -4.39. The summed E-state index contributed by atoms with van der Waals surface area (Å²) in [5, 5.41) is 11.5. The number of aryl methyl sites for hydroxylation is 1. The maximum atomic E-state index is 12.4. The highest BCUT2D eigenvalue weighted by Crippen LogP contribution is 2.30. The van der Waals surface area contributed by atoms with Gasteiger partial charge in [-0.25, -0.2) is 0 Å². The average molecular weight is 343 g/mol. The average Bonchev–Trinajstić information content (AvgIpc) is 2.92. The lowest BCUT2D eigenvalue weighted by Crippen LogP contribution is -2.28. The number of hydrogen-bond acceptors (Lipinski definition) is 4. The number of halogens is 3. The summed E-state index contributed by atoms with van der Waals surface area (Å²) in [4.78, 5) is 11.9. The topological polar surface area (TPSA) is 71.7 Å². The molecule has 0 bridgehead atoms. The Bertz CT molecular complexity index is 692. The highest BCUT2D eigenvalue weighted by Gasteiger charge is 2.30. The number of carbonyl (C=O) groups excluding carboxylic acids is 1. The van der Waals surface area contributed by atoms with Crippen molar-refractivity contribution in [1.82, 2.24) is 5.32 Å². The predicted octanol–water partition coefficient (Wildman–Crippen LogP) is 2.91. The summed E-state index contributed by atoms with van der Waals surface area (Å²) in [5.41, 5.74) is -0.156. The van der Waals surface area contributed by atoms with E-state index in [9.17, 15) is 18.0 Å². The van der Waals surface area contributed by atoms with Crippen LogP contribution < -0.4 is 10.1 Å². The number of aliphatic hydroxyl groups is 1. The van der Waals surface area contributed by atoms with Crippen LogP contribution in [0.3, 0.4) is 0 Å². The number of ether oxygens (including phenoxy) is 1. The van der Waals surface area contributed by atoms with Gasteiger partial charge in [0.1, 0.15) is 24.7 Å². The number of carbonyl (C=O) groups is 1. The second kappa shape index (κ2) is 7.39. The van der Waals surface area contributed by atoms with Crippen LogP contribution in [0.25, 0.3) is 0 Å². The summed E-state index contributed by atoms with van der Waals surface area (Å²) < 4.78 is 47.7. The van der Waals surface area contributed by atoms with Crippen LogP contribution in [-0.2, 0) is 12.8 Å². The van der Waals surface area contributed by atoms with Crippen LogP contribution in [0.15, 0.2) is 34.7 Å². The van der Waals surface area contributed by atoms with E-state index in [1.54, 1.807) is 13.0 Å². The quantitative estimate of drug-likeness (QED) is 0.791. The summed E-state index contributed by atoms with van der Waals surface area (Å²) in [5.74, 6) is 0.212. The molecule has 24 heavy (non-hydrogen) atoms. The molecule has 0 aliphatic heterocycles. The summed E-state index contributed by atoms with van der Waals surface area (Å²) >= 11 is 0. The molecule has 0 aliphatic carbocycles. The van der Waals surface area contributed by atoms with Gasteiger partial charge in [0.2, 0.25) is 0 Å². The molecule has 0 radical (unpaired) electrons. The summed E-state index contributed by atoms with van der Waals surface area (Å²) in [6, 6.07) is 5.85. The molecular formula is C16H16F3NO4. The first kappa shape index (κ1) is 17.9. The van der Waals surface area contributed by atoms with Crippen LogP contribution in [0.4, 0.5) is 13.2 Å². The molecule has 1 amide bonds. The SMILES string of the molecule is Cc1cc(CO)oc1C(=O)NCCOc1ccc(C(F)(F)F)cc1. The van der Waals surface area contributed by atoms with Crippen LogP contribution in [-0.4, -0.2) is 24.2 Å². The normalized spacial score (nSPS) is 11.4. The van der Waals surface area contributed by atoms with Crippen molar-refractivity contribution in [1.29, 1.82) is 0 Å². The molecule has 0 aliphatic rings. The molecular weight excluding hydrogens is 327 g/mol. The lowest BCUT2D eigenvalue weighted by Gasteiger charge is -2.09. The van der Waals surface area contributed by atoms with Crippen molar-refractivity contribution < 1.29 is 32.2 Å². The van der Waals surface area contributed by atoms with Gasteiger partial charge in [-0.3, -0.25) is 4.79 Å². The predicted molar refractivity (Wildman–Crippen MR) is 78.6 cm³/mol. The number of benzene rings is 1. The third-order valence-corrected chi connectivity index (χ3v) is 3.17. The number of furan rings is 1. The first-order chi connectivity index (χ1) is 11.3. The third kappa shape index (κ3) is 4.51. The third-order valence-electron chi connectivity index (χ3n) is 3.17. The van der Waals surface area contributed by atoms with Crippen molar-refractivity contribution in [2.24, 2.45) is 0 Å². The van der Waals surface area contributed by atoms with Crippen LogP contribution in [0.5, 0.6) is 5.75 Å². The van der Waals surface area contributed by atoms with Gasteiger partial charge in [-0.15, -0.1) is 0 Å². The van der Waals surface area contributed by atoms with Gasteiger partial charge in [-0.1, -0.05) is 0 Å². The molecule has 0 spiro atoms. The molecule has 0 fully saturated rings. The first-order valence-corrected chi connectivity index (χ1v) is 7.09. The Balaban J connectivity index is 1.80. The number of aliphatic hydroxyl groups excluding tert-OH is 1. The fourth-order valence-electron chi connectivity index (χ4n) is 2.01. The van der Waals surface area contributed by atoms with E-state index in [0.29, 0.717) is 11.3 Å². The number of hydrogen-bond donors (Lipinski definition) is 2. The van der Waals surface area contributed by atoms with Crippen molar-refractivity contribution in [3.8, 4) is 5.75 Å². The Hall–Kier alpha value is -2.48. The molecule has 0 unspecified atom stereocenters. The second-order valence-electron chi connectivity index (χ2n) is 5.01. The smallest absolute Gasteiger partial charge is 0.416 e. The highest BCUT2D eigenvalue weighted by atomic mass is 19.4.